The van der Waals surface area contributed by atoms with Crippen molar-refractivity contribution in [3.05, 3.63) is 29.3 Å². The Morgan fingerprint density at radius 1 is 1.33 bits per heavy atom. The molecule has 0 unspecified atom stereocenters. The number of nitrogens with two attached hydrogens (primary N) is 1. The van der Waals surface area contributed by atoms with Crippen molar-refractivity contribution < 1.29 is 13.2 Å². The van der Waals surface area contributed by atoms with Gasteiger partial charge in [0.2, 0.25) is 15.9 Å². The van der Waals surface area contributed by atoms with Crippen LogP contribution >= 0.6 is 0 Å². The number of hydrogen-bond acceptors (Lipinski definition) is 4. The summed E-state index contributed by atoms with van der Waals surface area (Å²) in [4.78, 5) is 10.9. The van der Waals surface area contributed by atoms with Crippen molar-refractivity contribution in [1.29, 1.82) is 0 Å². The van der Waals surface area contributed by atoms with Crippen LogP contribution in [0.25, 0.3) is 0 Å². The second kappa shape index (κ2) is 7.78. The maximum Gasteiger partial charge on any atom is 0.240 e. The van der Waals surface area contributed by atoms with Gasteiger partial charge in [0, 0.05) is 25.6 Å². The summed E-state index contributed by atoms with van der Waals surface area (Å²) in [6, 6.07) is 4.70. The van der Waals surface area contributed by atoms with Crippen LogP contribution < -0.4 is 15.8 Å². The number of benzene rings is 1. The van der Waals surface area contributed by atoms with Crippen LogP contribution in [0.1, 0.15) is 18.1 Å². The fourth-order valence-corrected chi connectivity index (χ4v) is 2.71. The third kappa shape index (κ3) is 5.55. The molecule has 0 spiro atoms. The van der Waals surface area contributed by atoms with Crippen LogP contribution in [-0.2, 0) is 14.8 Å². The predicted molar refractivity (Wildman–Crippen MR) is 81.0 cm³/mol. The summed E-state index contributed by atoms with van der Waals surface area (Å²) < 4.78 is 26.6. The van der Waals surface area contributed by atoms with Gasteiger partial charge in [-0.05, 0) is 30.7 Å². The molecule has 0 aliphatic heterocycles. The minimum atomic E-state index is -3.59. The molecule has 6 nitrogen and oxygen atoms in total. The van der Waals surface area contributed by atoms with Crippen LogP contribution in [0.4, 0.5) is 0 Å². The lowest BCUT2D eigenvalue weighted by Gasteiger charge is -2.08. The smallest absolute Gasteiger partial charge is 0.240 e. The molecule has 0 aliphatic rings. The van der Waals surface area contributed by atoms with Crippen molar-refractivity contribution in [1.82, 2.24) is 10.0 Å². The van der Waals surface area contributed by atoms with E-state index in [9.17, 15) is 13.2 Å². The van der Waals surface area contributed by atoms with Crippen molar-refractivity contribution in [2.75, 3.05) is 19.6 Å². The Hall–Kier alpha value is -1.88. The summed E-state index contributed by atoms with van der Waals surface area (Å²) >= 11 is 0. The normalized spacial score (nSPS) is 10.6. The molecule has 0 bridgehead atoms. The Balaban J connectivity index is 2.79. The molecular formula is C14H19N3O3S. The number of carbonyl (C=O) groups is 1. The summed E-state index contributed by atoms with van der Waals surface area (Å²) in [5.41, 5.74) is 6.82. The fraction of sp³-hybridized carbons (Fsp3) is 0.357. The van der Waals surface area contributed by atoms with E-state index in [2.05, 4.69) is 21.9 Å². The standard InChI is InChI=1S/C14H19N3O3S/c1-11-10-14(6-5-13(11)4-3-7-15)21(19,20)17-9-8-16-12(2)18/h5-6,10,17H,7-9,15H2,1-2H3,(H,16,18). The zero-order chi connectivity index (χ0) is 15.9. The maximum atomic E-state index is 12.1. The summed E-state index contributed by atoms with van der Waals surface area (Å²) in [6.07, 6.45) is 0. The van der Waals surface area contributed by atoms with E-state index in [0.29, 0.717) is 0 Å². The van der Waals surface area contributed by atoms with Gasteiger partial charge in [0.15, 0.2) is 0 Å². The Morgan fingerprint density at radius 3 is 2.62 bits per heavy atom. The Bertz CT molecular complexity index is 672. The number of aryl methyl sites for hydroxylation is 1. The average Bonchev–Trinajstić information content (AvgIpc) is 2.42. The molecular weight excluding hydrogens is 290 g/mol. The minimum Gasteiger partial charge on any atom is -0.355 e. The first-order valence-electron chi connectivity index (χ1n) is 6.40. The topological polar surface area (TPSA) is 101 Å². The third-order valence-electron chi connectivity index (χ3n) is 2.62. The van der Waals surface area contributed by atoms with E-state index in [1.165, 1.54) is 13.0 Å². The first-order valence-corrected chi connectivity index (χ1v) is 7.89. The van der Waals surface area contributed by atoms with Crippen LogP contribution in [0.5, 0.6) is 0 Å². The molecule has 114 valence electrons. The van der Waals surface area contributed by atoms with Crippen molar-refractivity contribution in [3.8, 4) is 11.8 Å². The highest BCUT2D eigenvalue weighted by atomic mass is 32.2. The predicted octanol–water partition coefficient (Wildman–Crippen LogP) is -0.280. The molecule has 4 N–H and O–H groups in total. The lowest BCUT2D eigenvalue weighted by atomic mass is 10.1. The lowest BCUT2D eigenvalue weighted by molar-refractivity contribution is -0.118. The van der Waals surface area contributed by atoms with E-state index in [4.69, 9.17) is 5.73 Å². The maximum absolute atomic E-state index is 12.1. The molecule has 0 heterocycles. The minimum absolute atomic E-state index is 0.135. The molecule has 1 amide bonds. The van der Waals surface area contributed by atoms with E-state index in [0.717, 1.165) is 11.1 Å². The van der Waals surface area contributed by atoms with Crippen molar-refractivity contribution in [3.63, 3.8) is 0 Å². The zero-order valence-corrected chi connectivity index (χ0v) is 12.9. The van der Waals surface area contributed by atoms with Crippen LogP contribution in [0.3, 0.4) is 0 Å². The first kappa shape index (κ1) is 17.2. The van der Waals surface area contributed by atoms with E-state index in [1.807, 2.05) is 0 Å². The molecule has 1 rings (SSSR count). The summed E-state index contributed by atoms with van der Waals surface area (Å²) in [7, 11) is -3.59. The molecule has 1 aromatic rings. The summed E-state index contributed by atoms with van der Waals surface area (Å²) in [5.74, 6) is 5.41. The van der Waals surface area contributed by atoms with E-state index in [-0.39, 0.29) is 30.4 Å². The Morgan fingerprint density at radius 2 is 2.05 bits per heavy atom. The van der Waals surface area contributed by atoms with Gasteiger partial charge in [0.05, 0.1) is 11.4 Å². The van der Waals surface area contributed by atoms with Crippen molar-refractivity contribution in [2.24, 2.45) is 5.73 Å². The van der Waals surface area contributed by atoms with Gasteiger partial charge in [-0.3, -0.25) is 4.79 Å². The van der Waals surface area contributed by atoms with Crippen LogP contribution in [0.15, 0.2) is 23.1 Å². The molecule has 0 saturated heterocycles. The van der Waals surface area contributed by atoms with Gasteiger partial charge in [-0.2, -0.15) is 0 Å². The van der Waals surface area contributed by atoms with Gasteiger partial charge >= 0.3 is 0 Å². The van der Waals surface area contributed by atoms with Gasteiger partial charge in [0.25, 0.3) is 0 Å². The lowest BCUT2D eigenvalue weighted by Crippen LogP contribution is -2.33. The highest BCUT2D eigenvalue weighted by Crippen LogP contribution is 2.14. The molecule has 21 heavy (non-hydrogen) atoms. The number of amides is 1. The van der Waals surface area contributed by atoms with Crippen LogP contribution in [-0.4, -0.2) is 34.0 Å². The number of rotatable bonds is 5. The molecule has 1 aromatic carbocycles. The largest absolute Gasteiger partial charge is 0.355 e. The second-order valence-electron chi connectivity index (χ2n) is 4.36. The number of sulfonamides is 1. The molecule has 0 aromatic heterocycles. The monoisotopic (exact) mass is 309 g/mol. The van der Waals surface area contributed by atoms with E-state index in [1.54, 1.807) is 19.1 Å². The van der Waals surface area contributed by atoms with Gasteiger partial charge in [-0.15, -0.1) is 0 Å². The Kier molecular flexibility index (Phi) is 6.37. The van der Waals surface area contributed by atoms with Gasteiger partial charge in [-0.25, -0.2) is 13.1 Å². The summed E-state index contributed by atoms with van der Waals surface area (Å²) in [6.45, 7) is 3.79. The van der Waals surface area contributed by atoms with E-state index >= 15 is 0 Å². The van der Waals surface area contributed by atoms with E-state index < -0.39 is 10.0 Å². The molecule has 0 aliphatic carbocycles. The SMILES string of the molecule is CC(=O)NCCNS(=O)(=O)c1ccc(C#CCN)c(C)c1. The quantitative estimate of drug-likeness (QED) is 0.514. The number of nitrogens with one attached hydrogen (secondary N) is 2. The average molecular weight is 309 g/mol. The fourth-order valence-electron chi connectivity index (χ4n) is 1.60. The van der Waals surface area contributed by atoms with Crippen molar-refractivity contribution >= 4 is 15.9 Å². The molecule has 0 atom stereocenters. The van der Waals surface area contributed by atoms with Crippen LogP contribution in [0, 0.1) is 18.8 Å². The number of hydrogen-bond donors (Lipinski definition) is 3. The third-order valence-corrected chi connectivity index (χ3v) is 4.08. The molecule has 7 heteroatoms. The van der Waals surface area contributed by atoms with Gasteiger partial charge in [0.1, 0.15) is 0 Å². The van der Waals surface area contributed by atoms with Gasteiger partial charge < -0.3 is 11.1 Å². The van der Waals surface area contributed by atoms with Crippen LogP contribution in [0.2, 0.25) is 0 Å². The number of carbonyl (C=O) groups excluding carboxylic acids is 1. The van der Waals surface area contributed by atoms with Crippen molar-refractivity contribution in [2.45, 2.75) is 18.7 Å². The molecule has 0 radical (unpaired) electrons. The molecule has 0 fully saturated rings. The highest BCUT2D eigenvalue weighted by Gasteiger charge is 2.14. The second-order valence-corrected chi connectivity index (χ2v) is 6.13. The zero-order valence-electron chi connectivity index (χ0n) is 12.1. The molecule has 0 saturated carbocycles. The highest BCUT2D eigenvalue weighted by molar-refractivity contribution is 7.89. The summed E-state index contributed by atoms with van der Waals surface area (Å²) in [5, 5.41) is 2.52. The first-order chi connectivity index (χ1) is 9.86. The Labute approximate surface area is 125 Å². The van der Waals surface area contributed by atoms with Gasteiger partial charge in [-0.1, -0.05) is 11.8 Å².